The molecule has 1 aliphatic heterocycles. The van der Waals surface area contributed by atoms with Crippen LogP contribution >= 0.6 is 0 Å². The van der Waals surface area contributed by atoms with Crippen LogP contribution in [0.5, 0.6) is 0 Å². The van der Waals surface area contributed by atoms with Crippen LogP contribution in [0.1, 0.15) is 10.5 Å². The number of hydrogen-bond donors (Lipinski definition) is 0. The molecule has 2 aromatic rings. The normalized spacial score (nSPS) is 16.2. The molecule has 0 radical (unpaired) electrons. The molecule has 1 fully saturated rings. The number of amides is 1. The van der Waals surface area contributed by atoms with E-state index in [1.54, 1.807) is 34.8 Å². The molecule has 6 nitrogen and oxygen atoms in total. The van der Waals surface area contributed by atoms with Crippen molar-refractivity contribution in [2.75, 3.05) is 26.2 Å². The Hall–Kier alpha value is -2.26. The van der Waals surface area contributed by atoms with E-state index in [-0.39, 0.29) is 32.1 Å². The van der Waals surface area contributed by atoms with Gasteiger partial charge in [0.2, 0.25) is 10.0 Å². The zero-order valence-electron chi connectivity index (χ0n) is 13.5. The molecular weight excluding hydrogens is 352 g/mol. The van der Waals surface area contributed by atoms with Crippen molar-refractivity contribution < 1.29 is 22.0 Å². The van der Waals surface area contributed by atoms with Gasteiger partial charge in [-0.3, -0.25) is 4.79 Å². The van der Waals surface area contributed by atoms with Gasteiger partial charge in [-0.15, -0.1) is 0 Å². The first-order valence-electron chi connectivity index (χ1n) is 7.66. The monoisotopic (exact) mass is 369 g/mol. The van der Waals surface area contributed by atoms with Gasteiger partial charge in [0.15, 0.2) is 0 Å². The van der Waals surface area contributed by atoms with Crippen LogP contribution in [0.2, 0.25) is 0 Å². The van der Waals surface area contributed by atoms with E-state index in [9.17, 15) is 22.0 Å². The first-order valence-corrected chi connectivity index (χ1v) is 9.10. The summed E-state index contributed by atoms with van der Waals surface area (Å²) in [5, 5.41) is 0. The van der Waals surface area contributed by atoms with Gasteiger partial charge in [-0.2, -0.15) is 4.31 Å². The van der Waals surface area contributed by atoms with Crippen molar-refractivity contribution in [2.45, 2.75) is 4.90 Å². The number of aromatic nitrogens is 1. The second kappa shape index (κ2) is 6.57. The molecule has 0 saturated carbocycles. The smallest absolute Gasteiger partial charge is 0.270 e. The third-order valence-corrected chi connectivity index (χ3v) is 6.11. The minimum absolute atomic E-state index is 0.0223. The number of aryl methyl sites for hydroxylation is 1. The van der Waals surface area contributed by atoms with E-state index in [2.05, 4.69) is 0 Å². The molecule has 0 spiro atoms. The summed E-state index contributed by atoms with van der Waals surface area (Å²) < 4.78 is 54.9. The summed E-state index contributed by atoms with van der Waals surface area (Å²) in [4.78, 5) is 13.3. The Bertz CT molecular complexity index is 903. The number of carbonyl (C=O) groups excluding carboxylic acids is 1. The molecule has 25 heavy (non-hydrogen) atoms. The molecule has 1 aliphatic rings. The summed E-state index contributed by atoms with van der Waals surface area (Å²) >= 11 is 0. The fourth-order valence-electron chi connectivity index (χ4n) is 2.79. The van der Waals surface area contributed by atoms with Gasteiger partial charge in [0.1, 0.15) is 22.2 Å². The van der Waals surface area contributed by atoms with E-state index in [1.807, 2.05) is 0 Å². The lowest BCUT2D eigenvalue weighted by atomic mass is 10.3. The molecule has 0 N–H and O–H groups in total. The van der Waals surface area contributed by atoms with E-state index in [4.69, 9.17) is 0 Å². The highest BCUT2D eigenvalue weighted by Crippen LogP contribution is 2.22. The van der Waals surface area contributed by atoms with Gasteiger partial charge in [-0.05, 0) is 30.3 Å². The first kappa shape index (κ1) is 17.6. The van der Waals surface area contributed by atoms with E-state index in [0.717, 1.165) is 16.4 Å². The van der Waals surface area contributed by atoms with Gasteiger partial charge in [0, 0.05) is 39.4 Å². The van der Waals surface area contributed by atoms with Crippen molar-refractivity contribution in [3.63, 3.8) is 0 Å². The summed E-state index contributed by atoms with van der Waals surface area (Å²) in [6.45, 7) is 0.406. The van der Waals surface area contributed by atoms with Gasteiger partial charge >= 0.3 is 0 Å². The summed E-state index contributed by atoms with van der Waals surface area (Å²) in [7, 11) is -2.40. The minimum Gasteiger partial charge on any atom is -0.347 e. The van der Waals surface area contributed by atoms with Crippen molar-refractivity contribution >= 4 is 15.9 Å². The Kier molecular flexibility index (Phi) is 4.61. The number of benzene rings is 1. The zero-order valence-corrected chi connectivity index (χ0v) is 14.3. The van der Waals surface area contributed by atoms with Crippen LogP contribution in [0.15, 0.2) is 41.4 Å². The number of piperazine rings is 1. The van der Waals surface area contributed by atoms with Crippen molar-refractivity contribution in [3.05, 3.63) is 53.9 Å². The average molecular weight is 369 g/mol. The topological polar surface area (TPSA) is 62.6 Å². The lowest BCUT2D eigenvalue weighted by Crippen LogP contribution is -2.50. The highest BCUT2D eigenvalue weighted by molar-refractivity contribution is 7.89. The van der Waals surface area contributed by atoms with Crippen LogP contribution in [-0.4, -0.2) is 54.3 Å². The third kappa shape index (κ3) is 3.29. The number of sulfonamides is 1. The summed E-state index contributed by atoms with van der Waals surface area (Å²) in [5.74, 6) is -2.01. The zero-order chi connectivity index (χ0) is 18.2. The summed E-state index contributed by atoms with van der Waals surface area (Å²) in [5.41, 5.74) is 0.507. The van der Waals surface area contributed by atoms with E-state index in [1.165, 1.54) is 0 Å². The molecule has 1 aromatic heterocycles. The van der Waals surface area contributed by atoms with E-state index in [0.29, 0.717) is 11.8 Å². The molecule has 0 aliphatic carbocycles. The largest absolute Gasteiger partial charge is 0.347 e. The maximum atomic E-state index is 13.8. The molecule has 0 atom stereocenters. The second-order valence-corrected chi connectivity index (χ2v) is 7.68. The lowest BCUT2D eigenvalue weighted by Gasteiger charge is -2.34. The lowest BCUT2D eigenvalue weighted by molar-refractivity contribution is 0.0688. The van der Waals surface area contributed by atoms with Crippen molar-refractivity contribution in [1.82, 2.24) is 13.8 Å². The van der Waals surface area contributed by atoms with Gasteiger partial charge in [-0.1, -0.05) is 0 Å². The second-order valence-electron chi connectivity index (χ2n) is 5.78. The molecule has 0 unspecified atom stereocenters. The van der Waals surface area contributed by atoms with E-state index >= 15 is 0 Å². The van der Waals surface area contributed by atoms with Gasteiger partial charge in [0.25, 0.3) is 5.91 Å². The fraction of sp³-hybridized carbons (Fsp3) is 0.312. The molecule has 1 amide bonds. The Morgan fingerprint density at radius 2 is 1.76 bits per heavy atom. The Labute approximate surface area is 144 Å². The fourth-order valence-corrected chi connectivity index (χ4v) is 4.29. The van der Waals surface area contributed by atoms with Crippen molar-refractivity contribution in [2.24, 2.45) is 7.05 Å². The molecular formula is C16H17F2N3O3S. The molecule has 134 valence electrons. The number of carbonyl (C=O) groups is 1. The maximum absolute atomic E-state index is 13.8. The number of hydrogen-bond acceptors (Lipinski definition) is 3. The molecule has 3 rings (SSSR count). The van der Waals surface area contributed by atoms with Crippen LogP contribution in [0.25, 0.3) is 0 Å². The third-order valence-electron chi connectivity index (χ3n) is 4.20. The van der Waals surface area contributed by atoms with Crippen LogP contribution in [0, 0.1) is 11.6 Å². The molecule has 0 bridgehead atoms. The minimum atomic E-state index is -4.15. The van der Waals surface area contributed by atoms with E-state index < -0.39 is 26.6 Å². The predicted octanol–water partition coefficient (Wildman–Crippen LogP) is 1.45. The summed E-state index contributed by atoms with van der Waals surface area (Å²) in [6.07, 6.45) is 1.75. The van der Waals surface area contributed by atoms with Crippen LogP contribution in [-0.2, 0) is 17.1 Å². The van der Waals surface area contributed by atoms with Crippen LogP contribution < -0.4 is 0 Å². The predicted molar refractivity (Wildman–Crippen MR) is 86.4 cm³/mol. The van der Waals surface area contributed by atoms with Crippen LogP contribution in [0.4, 0.5) is 8.78 Å². The Balaban J connectivity index is 1.74. The van der Waals surface area contributed by atoms with Crippen LogP contribution in [0.3, 0.4) is 0 Å². The number of nitrogens with zero attached hydrogens (tertiary/aromatic N) is 3. The first-order chi connectivity index (χ1) is 11.8. The van der Waals surface area contributed by atoms with Crippen molar-refractivity contribution in [1.29, 1.82) is 0 Å². The molecule has 1 aromatic carbocycles. The maximum Gasteiger partial charge on any atom is 0.270 e. The Morgan fingerprint density at radius 3 is 2.36 bits per heavy atom. The number of halogens is 2. The molecule has 9 heteroatoms. The SMILES string of the molecule is Cn1cccc1C(=O)N1CCN(S(=O)(=O)c2cc(F)ccc2F)CC1. The molecule has 2 heterocycles. The van der Waals surface area contributed by atoms with Gasteiger partial charge in [-0.25, -0.2) is 17.2 Å². The quantitative estimate of drug-likeness (QED) is 0.823. The standard InChI is InChI=1S/C16H17F2N3O3S/c1-19-6-2-3-14(19)16(22)20-7-9-21(10-8-20)25(23,24)15-11-12(17)4-5-13(15)18/h2-6,11H,7-10H2,1H3. The Morgan fingerprint density at radius 1 is 1.08 bits per heavy atom. The summed E-state index contributed by atoms with van der Waals surface area (Å²) in [6, 6.07) is 5.77. The number of rotatable bonds is 3. The van der Waals surface area contributed by atoms with Gasteiger partial charge in [0.05, 0.1) is 0 Å². The highest BCUT2D eigenvalue weighted by Gasteiger charge is 2.32. The average Bonchev–Trinajstić information content (AvgIpc) is 3.02. The van der Waals surface area contributed by atoms with Gasteiger partial charge < -0.3 is 9.47 Å². The molecule has 1 saturated heterocycles. The highest BCUT2D eigenvalue weighted by atomic mass is 32.2. The van der Waals surface area contributed by atoms with Crippen molar-refractivity contribution in [3.8, 4) is 0 Å².